The number of carbonyl (C=O) groups is 1. The number of carbonyl (C=O) groups excluding carboxylic acids is 1. The average Bonchev–Trinajstić information content (AvgIpc) is 3.33. The van der Waals surface area contributed by atoms with E-state index < -0.39 is 12.0 Å². The molecular weight excluding hydrogens is 414 g/mol. The molecule has 0 saturated carbocycles. The van der Waals surface area contributed by atoms with Gasteiger partial charge in [0.1, 0.15) is 5.76 Å². The fourth-order valence-electron chi connectivity index (χ4n) is 3.53. The lowest BCUT2D eigenvalue weighted by Gasteiger charge is -2.24. The second-order valence-electron chi connectivity index (χ2n) is 7.28. The number of nitrogens with zero attached hydrogens (tertiary/aromatic N) is 3. The number of hydrogen-bond donors (Lipinski definition) is 0. The molecule has 0 amide bonds. The van der Waals surface area contributed by atoms with Gasteiger partial charge in [0.2, 0.25) is 0 Å². The van der Waals surface area contributed by atoms with Crippen LogP contribution in [0, 0.1) is 0 Å². The van der Waals surface area contributed by atoms with Crippen LogP contribution >= 0.6 is 11.3 Å². The maximum atomic E-state index is 13.4. The summed E-state index contributed by atoms with van der Waals surface area (Å²) in [4.78, 5) is 33.2. The van der Waals surface area contributed by atoms with E-state index in [4.69, 9.17) is 9.15 Å². The van der Waals surface area contributed by atoms with Gasteiger partial charge in [-0.2, -0.15) is 0 Å². The molecule has 0 radical (unpaired) electrons. The van der Waals surface area contributed by atoms with Gasteiger partial charge in [-0.3, -0.25) is 9.36 Å². The van der Waals surface area contributed by atoms with Crippen molar-refractivity contribution in [2.24, 2.45) is 4.99 Å². The minimum Gasteiger partial charge on any atom is -0.463 e. The minimum atomic E-state index is -0.604. The Hall–Kier alpha value is -3.39. The average molecular weight is 438 g/mol. The highest BCUT2D eigenvalue weighted by Crippen LogP contribution is 2.30. The number of anilines is 1. The summed E-state index contributed by atoms with van der Waals surface area (Å²) in [5, 5.41) is 0. The first-order valence-corrected chi connectivity index (χ1v) is 10.7. The van der Waals surface area contributed by atoms with Gasteiger partial charge in [0.05, 0.1) is 28.5 Å². The van der Waals surface area contributed by atoms with Crippen molar-refractivity contribution in [3.05, 3.63) is 84.7 Å². The Morgan fingerprint density at radius 3 is 2.65 bits per heavy atom. The number of allylic oxidation sites excluding steroid dienone is 1. The molecule has 1 aliphatic rings. The number of hydrogen-bond acceptors (Lipinski definition) is 7. The summed E-state index contributed by atoms with van der Waals surface area (Å²) in [6, 6.07) is 12.5. The van der Waals surface area contributed by atoms with Gasteiger partial charge in [0, 0.05) is 26.2 Å². The largest absolute Gasteiger partial charge is 0.463 e. The molecule has 1 atom stereocenters. The zero-order chi connectivity index (χ0) is 22.1. The van der Waals surface area contributed by atoms with E-state index in [2.05, 4.69) is 4.99 Å². The van der Waals surface area contributed by atoms with E-state index >= 15 is 0 Å². The van der Waals surface area contributed by atoms with Crippen molar-refractivity contribution in [3.8, 4) is 0 Å². The van der Waals surface area contributed by atoms with Crippen molar-refractivity contribution in [3.63, 3.8) is 0 Å². The van der Waals surface area contributed by atoms with Crippen LogP contribution < -0.4 is 19.8 Å². The van der Waals surface area contributed by atoms with Crippen LogP contribution in [0.25, 0.3) is 6.08 Å². The Kier molecular flexibility index (Phi) is 5.65. The zero-order valence-corrected chi connectivity index (χ0v) is 18.6. The van der Waals surface area contributed by atoms with E-state index in [1.807, 2.05) is 61.5 Å². The van der Waals surface area contributed by atoms with Gasteiger partial charge in [-0.25, -0.2) is 9.79 Å². The molecule has 8 heteroatoms. The third-order valence-electron chi connectivity index (χ3n) is 4.96. The van der Waals surface area contributed by atoms with Gasteiger partial charge in [0.25, 0.3) is 5.56 Å². The minimum absolute atomic E-state index is 0.227. The maximum absolute atomic E-state index is 13.4. The zero-order valence-electron chi connectivity index (χ0n) is 17.8. The number of fused-ring (bicyclic) bond motifs is 1. The first-order chi connectivity index (χ1) is 14.9. The van der Waals surface area contributed by atoms with Gasteiger partial charge in [-0.15, -0.1) is 0 Å². The Balaban J connectivity index is 1.91. The molecule has 0 spiro atoms. The Morgan fingerprint density at radius 1 is 1.26 bits per heavy atom. The summed E-state index contributed by atoms with van der Waals surface area (Å²) in [6.45, 7) is 3.77. The standard InChI is InChI=1S/C23H23N3O4S/c1-5-29-22(28)19-14(2)24-23-26(20(19)15-9-7-6-8-10-15)21(27)17(31-23)13-16-11-12-18(30-16)25(3)4/h6-13,20H,5H2,1-4H3. The van der Waals surface area contributed by atoms with E-state index in [1.165, 1.54) is 11.3 Å². The summed E-state index contributed by atoms with van der Waals surface area (Å²) in [6.07, 6.45) is 1.71. The molecule has 1 aliphatic heterocycles. The second-order valence-corrected chi connectivity index (χ2v) is 8.29. The van der Waals surface area contributed by atoms with Crippen LogP contribution in [-0.4, -0.2) is 31.2 Å². The third-order valence-corrected chi connectivity index (χ3v) is 5.94. The molecule has 160 valence electrons. The molecule has 0 fully saturated rings. The van der Waals surface area contributed by atoms with Crippen molar-refractivity contribution < 1.29 is 13.9 Å². The molecule has 0 aliphatic carbocycles. The third kappa shape index (κ3) is 3.86. The highest BCUT2D eigenvalue weighted by molar-refractivity contribution is 7.07. The summed E-state index contributed by atoms with van der Waals surface area (Å²) in [5.74, 6) is 0.807. The molecule has 1 unspecified atom stereocenters. The highest BCUT2D eigenvalue weighted by Gasteiger charge is 2.33. The Morgan fingerprint density at radius 2 is 2.00 bits per heavy atom. The van der Waals surface area contributed by atoms with Crippen molar-refractivity contribution in [1.82, 2.24) is 4.57 Å². The molecule has 2 aromatic heterocycles. The van der Waals surface area contributed by atoms with Gasteiger partial charge in [-0.1, -0.05) is 41.7 Å². The van der Waals surface area contributed by atoms with Crippen molar-refractivity contribution in [1.29, 1.82) is 0 Å². The van der Waals surface area contributed by atoms with Gasteiger partial charge < -0.3 is 14.1 Å². The van der Waals surface area contributed by atoms with Crippen LogP contribution in [0.5, 0.6) is 0 Å². The number of aromatic nitrogens is 1. The van der Waals surface area contributed by atoms with Crippen molar-refractivity contribution in [2.45, 2.75) is 19.9 Å². The lowest BCUT2D eigenvalue weighted by atomic mass is 9.96. The number of ether oxygens (including phenoxy) is 1. The highest BCUT2D eigenvalue weighted by atomic mass is 32.1. The van der Waals surface area contributed by atoms with Crippen LogP contribution in [0.15, 0.2) is 67.9 Å². The van der Waals surface area contributed by atoms with Crippen LogP contribution in [0.2, 0.25) is 0 Å². The van der Waals surface area contributed by atoms with Crippen LogP contribution in [0.3, 0.4) is 0 Å². The van der Waals surface area contributed by atoms with Crippen LogP contribution in [0.1, 0.15) is 31.2 Å². The topological polar surface area (TPSA) is 77.0 Å². The lowest BCUT2D eigenvalue weighted by molar-refractivity contribution is -0.139. The molecule has 4 rings (SSSR count). The molecule has 0 N–H and O–H groups in total. The number of esters is 1. The predicted molar refractivity (Wildman–Crippen MR) is 120 cm³/mol. The van der Waals surface area contributed by atoms with Gasteiger partial charge in [-0.05, 0) is 25.5 Å². The molecule has 3 aromatic rings. The van der Waals surface area contributed by atoms with Crippen molar-refractivity contribution in [2.75, 3.05) is 25.6 Å². The van der Waals surface area contributed by atoms with E-state index in [9.17, 15) is 9.59 Å². The molecule has 0 saturated heterocycles. The molecule has 7 nitrogen and oxygen atoms in total. The lowest BCUT2D eigenvalue weighted by Crippen LogP contribution is -2.39. The van der Waals surface area contributed by atoms with Gasteiger partial charge in [0.15, 0.2) is 10.7 Å². The summed E-state index contributed by atoms with van der Waals surface area (Å²) in [7, 11) is 3.77. The Labute approximate surface area is 183 Å². The van der Waals surface area contributed by atoms with E-state index in [0.717, 1.165) is 5.56 Å². The van der Waals surface area contributed by atoms with Crippen LogP contribution in [0.4, 0.5) is 5.88 Å². The molecular formula is C23H23N3O4S. The number of benzene rings is 1. The summed E-state index contributed by atoms with van der Waals surface area (Å²) in [5.41, 5.74) is 1.52. The van der Waals surface area contributed by atoms with E-state index in [-0.39, 0.29) is 12.2 Å². The smallest absolute Gasteiger partial charge is 0.338 e. The first-order valence-electron chi connectivity index (χ1n) is 9.92. The maximum Gasteiger partial charge on any atom is 0.338 e. The monoisotopic (exact) mass is 437 g/mol. The van der Waals surface area contributed by atoms with Gasteiger partial charge >= 0.3 is 5.97 Å². The molecule has 31 heavy (non-hydrogen) atoms. The Bertz CT molecular complexity index is 1330. The molecule has 0 bridgehead atoms. The number of rotatable bonds is 5. The molecule has 3 heterocycles. The normalized spacial score (nSPS) is 16.1. The second kappa shape index (κ2) is 8.39. The van der Waals surface area contributed by atoms with Crippen LogP contribution in [-0.2, 0) is 9.53 Å². The first kappa shape index (κ1) is 20.9. The number of thiazole rings is 1. The fraction of sp³-hybridized carbons (Fsp3) is 0.261. The van der Waals surface area contributed by atoms with E-state index in [0.29, 0.717) is 32.2 Å². The quantitative estimate of drug-likeness (QED) is 0.573. The predicted octanol–water partition coefficient (Wildman–Crippen LogP) is 2.46. The summed E-state index contributed by atoms with van der Waals surface area (Å²) < 4.78 is 13.1. The fourth-order valence-corrected chi connectivity index (χ4v) is 4.56. The SMILES string of the molecule is CCOC(=O)C1=C(C)N=c2sc(=Cc3ccc(N(C)C)o3)c(=O)n2C1c1ccccc1. The van der Waals surface area contributed by atoms with Crippen molar-refractivity contribution >= 4 is 29.3 Å². The van der Waals surface area contributed by atoms with E-state index in [1.54, 1.807) is 24.5 Å². The summed E-state index contributed by atoms with van der Waals surface area (Å²) >= 11 is 1.27. The molecule has 1 aromatic carbocycles. The number of furan rings is 1.